The first-order chi connectivity index (χ1) is 9.63. The molecular weight excluding hydrogens is 256 g/mol. The van der Waals surface area contributed by atoms with Crippen LogP contribution in [-0.4, -0.2) is 18.1 Å². The second kappa shape index (κ2) is 5.85. The van der Waals surface area contributed by atoms with Crippen LogP contribution in [0.25, 0.3) is 0 Å². The molecule has 0 saturated carbocycles. The molecule has 0 bridgehead atoms. The number of hydrogen-bond acceptors (Lipinski definition) is 5. The first-order valence-electron chi connectivity index (χ1n) is 5.87. The molecule has 2 rings (SSSR count). The molecule has 1 heterocycles. The summed E-state index contributed by atoms with van der Waals surface area (Å²) < 4.78 is 10.3. The molecule has 0 radical (unpaired) electrons. The van der Waals surface area contributed by atoms with Crippen molar-refractivity contribution in [2.24, 2.45) is 0 Å². The third kappa shape index (κ3) is 2.93. The lowest BCUT2D eigenvalue weighted by atomic mass is 10.2. The van der Waals surface area contributed by atoms with E-state index in [2.05, 4.69) is 4.98 Å². The van der Waals surface area contributed by atoms with Crippen LogP contribution in [0.1, 0.15) is 21.6 Å². The zero-order valence-corrected chi connectivity index (χ0v) is 11.1. The Kier molecular flexibility index (Phi) is 3.96. The van der Waals surface area contributed by atoms with Crippen LogP contribution in [0, 0.1) is 18.3 Å². The lowest BCUT2D eigenvalue weighted by Gasteiger charge is -2.09. The zero-order valence-electron chi connectivity index (χ0n) is 11.1. The van der Waals surface area contributed by atoms with Gasteiger partial charge in [0.1, 0.15) is 0 Å². The fourth-order valence-electron chi connectivity index (χ4n) is 1.57. The minimum Gasteiger partial charge on any atom is -0.493 e. The summed E-state index contributed by atoms with van der Waals surface area (Å²) >= 11 is 0. The molecule has 0 saturated heterocycles. The molecule has 1 aromatic carbocycles. The molecule has 0 unspecified atom stereocenters. The van der Waals surface area contributed by atoms with E-state index in [-0.39, 0.29) is 5.75 Å². The van der Waals surface area contributed by atoms with Crippen LogP contribution in [0.15, 0.2) is 36.5 Å². The van der Waals surface area contributed by atoms with Gasteiger partial charge in [-0.25, -0.2) is 4.79 Å². The van der Waals surface area contributed by atoms with Gasteiger partial charge >= 0.3 is 5.97 Å². The smallest absolute Gasteiger partial charge is 0.345 e. The molecule has 0 aliphatic carbocycles. The van der Waals surface area contributed by atoms with Crippen molar-refractivity contribution in [1.82, 2.24) is 4.98 Å². The molecule has 20 heavy (non-hydrogen) atoms. The van der Waals surface area contributed by atoms with E-state index in [9.17, 15) is 4.79 Å². The second-order valence-corrected chi connectivity index (χ2v) is 4.06. The van der Waals surface area contributed by atoms with Crippen LogP contribution in [0.2, 0.25) is 0 Å². The van der Waals surface area contributed by atoms with Gasteiger partial charge in [0.2, 0.25) is 0 Å². The van der Waals surface area contributed by atoms with E-state index in [0.29, 0.717) is 16.9 Å². The number of pyridine rings is 1. The first kappa shape index (κ1) is 13.6. The van der Waals surface area contributed by atoms with E-state index in [1.54, 1.807) is 18.2 Å². The van der Waals surface area contributed by atoms with Crippen molar-refractivity contribution >= 4 is 5.97 Å². The molecular formula is C15H12N2O3. The number of carbonyl (C=O) groups is 1. The van der Waals surface area contributed by atoms with Crippen molar-refractivity contribution < 1.29 is 14.3 Å². The van der Waals surface area contributed by atoms with Crippen LogP contribution in [-0.2, 0) is 0 Å². The monoisotopic (exact) mass is 268 g/mol. The van der Waals surface area contributed by atoms with Gasteiger partial charge in [-0.1, -0.05) is 0 Å². The minimum absolute atomic E-state index is 0.261. The molecule has 0 N–H and O–H groups in total. The van der Waals surface area contributed by atoms with Crippen LogP contribution in [0.4, 0.5) is 0 Å². The summed E-state index contributed by atoms with van der Waals surface area (Å²) in [6.45, 7) is 1.83. The van der Waals surface area contributed by atoms with Crippen molar-refractivity contribution in [2.45, 2.75) is 6.92 Å². The molecule has 2 aromatic rings. The van der Waals surface area contributed by atoms with Gasteiger partial charge in [0.25, 0.3) is 0 Å². The van der Waals surface area contributed by atoms with Gasteiger partial charge in [0, 0.05) is 18.0 Å². The highest BCUT2D eigenvalue weighted by Gasteiger charge is 2.13. The van der Waals surface area contributed by atoms with Crippen molar-refractivity contribution in [3.63, 3.8) is 0 Å². The third-order valence-corrected chi connectivity index (χ3v) is 2.64. The van der Waals surface area contributed by atoms with Gasteiger partial charge in [0.15, 0.2) is 11.5 Å². The highest BCUT2D eigenvalue weighted by Crippen LogP contribution is 2.28. The van der Waals surface area contributed by atoms with Crippen molar-refractivity contribution in [1.29, 1.82) is 5.26 Å². The topological polar surface area (TPSA) is 72.2 Å². The van der Waals surface area contributed by atoms with Gasteiger partial charge in [-0.05, 0) is 31.2 Å². The normalized spacial score (nSPS) is 9.65. The quantitative estimate of drug-likeness (QED) is 0.631. The number of rotatable bonds is 3. The van der Waals surface area contributed by atoms with Crippen molar-refractivity contribution in [3.8, 4) is 17.6 Å². The average Bonchev–Trinajstić information content (AvgIpc) is 2.48. The van der Waals surface area contributed by atoms with E-state index in [1.165, 1.54) is 25.4 Å². The number of carbonyl (C=O) groups excluding carboxylic acids is 1. The summed E-state index contributed by atoms with van der Waals surface area (Å²) in [6.07, 6.45) is 1.45. The van der Waals surface area contributed by atoms with Crippen LogP contribution < -0.4 is 9.47 Å². The number of hydrogen-bond donors (Lipinski definition) is 0. The lowest BCUT2D eigenvalue weighted by molar-refractivity contribution is 0.0729. The Morgan fingerprint density at radius 3 is 2.65 bits per heavy atom. The van der Waals surface area contributed by atoms with E-state index >= 15 is 0 Å². The molecule has 5 nitrogen and oxygen atoms in total. The SMILES string of the molecule is COc1cc(C#N)ccc1OC(=O)c1ccc(C)nc1. The third-order valence-electron chi connectivity index (χ3n) is 2.64. The maximum absolute atomic E-state index is 12.0. The van der Waals surface area contributed by atoms with E-state index in [0.717, 1.165) is 5.69 Å². The largest absolute Gasteiger partial charge is 0.493 e. The number of benzene rings is 1. The maximum Gasteiger partial charge on any atom is 0.345 e. The number of nitriles is 1. The van der Waals surface area contributed by atoms with Crippen LogP contribution >= 0.6 is 0 Å². The van der Waals surface area contributed by atoms with Gasteiger partial charge in [-0.15, -0.1) is 0 Å². The number of methoxy groups -OCH3 is 1. The Morgan fingerprint density at radius 1 is 1.25 bits per heavy atom. The van der Waals surface area contributed by atoms with E-state index in [4.69, 9.17) is 14.7 Å². The van der Waals surface area contributed by atoms with Gasteiger partial charge < -0.3 is 9.47 Å². The fourth-order valence-corrected chi connectivity index (χ4v) is 1.57. The van der Waals surface area contributed by atoms with Crippen molar-refractivity contribution in [3.05, 3.63) is 53.3 Å². The molecule has 0 atom stereocenters. The summed E-state index contributed by atoms with van der Waals surface area (Å²) in [7, 11) is 1.45. The maximum atomic E-state index is 12.0. The predicted octanol–water partition coefficient (Wildman–Crippen LogP) is 2.49. The average molecular weight is 268 g/mol. The fraction of sp³-hybridized carbons (Fsp3) is 0.133. The molecule has 1 aromatic heterocycles. The highest BCUT2D eigenvalue weighted by molar-refractivity contribution is 5.91. The van der Waals surface area contributed by atoms with Gasteiger partial charge in [-0.2, -0.15) is 5.26 Å². The molecule has 0 fully saturated rings. The summed E-state index contributed by atoms with van der Waals surface area (Å²) in [6, 6.07) is 9.95. The van der Waals surface area contributed by atoms with Gasteiger partial charge in [0.05, 0.1) is 24.3 Å². The summed E-state index contributed by atoms with van der Waals surface area (Å²) in [5.74, 6) is 0.0649. The minimum atomic E-state index is -0.527. The first-order valence-corrected chi connectivity index (χ1v) is 5.87. The molecule has 0 spiro atoms. The summed E-state index contributed by atoms with van der Waals surface area (Å²) in [5.41, 5.74) is 1.60. The summed E-state index contributed by atoms with van der Waals surface area (Å²) in [5, 5.41) is 8.81. The molecule has 0 amide bonds. The number of aryl methyl sites for hydroxylation is 1. The number of aromatic nitrogens is 1. The number of ether oxygens (including phenoxy) is 2. The summed E-state index contributed by atoms with van der Waals surface area (Å²) in [4.78, 5) is 16.0. The standard InChI is InChI=1S/C15H12N2O3/c1-10-3-5-12(9-17-10)15(18)20-13-6-4-11(8-16)7-14(13)19-2/h3-7,9H,1-2H3. The Balaban J connectivity index is 2.23. The Morgan fingerprint density at radius 2 is 2.05 bits per heavy atom. The van der Waals surface area contributed by atoms with Gasteiger partial charge in [-0.3, -0.25) is 4.98 Å². The predicted molar refractivity (Wildman–Crippen MR) is 71.6 cm³/mol. The molecule has 100 valence electrons. The lowest BCUT2D eigenvalue weighted by Crippen LogP contribution is -2.09. The highest BCUT2D eigenvalue weighted by atomic mass is 16.6. The Hall–Kier alpha value is -2.87. The van der Waals surface area contributed by atoms with Crippen molar-refractivity contribution in [2.75, 3.05) is 7.11 Å². The van der Waals surface area contributed by atoms with Crippen LogP contribution in [0.3, 0.4) is 0 Å². The van der Waals surface area contributed by atoms with E-state index in [1.807, 2.05) is 13.0 Å². The molecule has 5 heteroatoms. The molecule has 0 aliphatic rings. The number of nitrogens with zero attached hydrogens (tertiary/aromatic N) is 2. The zero-order chi connectivity index (χ0) is 14.5. The number of esters is 1. The Bertz CT molecular complexity index is 673. The van der Waals surface area contributed by atoms with Crippen LogP contribution in [0.5, 0.6) is 11.5 Å². The Labute approximate surface area is 116 Å². The molecule has 0 aliphatic heterocycles. The second-order valence-electron chi connectivity index (χ2n) is 4.06. The van der Waals surface area contributed by atoms with E-state index < -0.39 is 5.97 Å².